The van der Waals surface area contributed by atoms with E-state index in [-0.39, 0.29) is 11.4 Å². The molecule has 0 atom stereocenters. The van der Waals surface area contributed by atoms with Crippen molar-refractivity contribution in [3.63, 3.8) is 0 Å². The van der Waals surface area contributed by atoms with E-state index in [0.717, 1.165) is 37.2 Å². The van der Waals surface area contributed by atoms with E-state index in [1.807, 2.05) is 30.3 Å². The molecule has 0 aliphatic carbocycles. The molecule has 3 aromatic rings. The average Bonchev–Trinajstić information content (AvgIpc) is 2.89. The number of aromatic nitrogens is 2. The maximum atomic E-state index is 12.3. The van der Waals surface area contributed by atoms with Gasteiger partial charge in [-0.05, 0) is 55.5 Å². The summed E-state index contributed by atoms with van der Waals surface area (Å²) in [5.41, 5.74) is 2.40. The smallest absolute Gasteiger partial charge is 0.322 e. The first-order chi connectivity index (χ1) is 17.4. The van der Waals surface area contributed by atoms with Gasteiger partial charge in [-0.15, -0.1) is 0 Å². The number of amides is 1. The third-order valence-corrected chi connectivity index (χ3v) is 6.26. The Bertz CT molecular complexity index is 1190. The van der Waals surface area contributed by atoms with Crippen LogP contribution in [0.2, 0.25) is 0 Å². The molecule has 0 radical (unpaired) electrons. The van der Waals surface area contributed by atoms with E-state index >= 15 is 0 Å². The third kappa shape index (κ3) is 6.50. The summed E-state index contributed by atoms with van der Waals surface area (Å²) in [6.07, 6.45) is 2.48. The average molecular weight is 491 g/mol. The van der Waals surface area contributed by atoms with Crippen LogP contribution < -0.4 is 15.0 Å². The summed E-state index contributed by atoms with van der Waals surface area (Å²) < 4.78 is 5.82. The van der Waals surface area contributed by atoms with Crippen LogP contribution in [0.25, 0.3) is 0 Å². The number of hydrogen-bond donors (Lipinski definition) is 3. The predicted octanol–water partition coefficient (Wildman–Crippen LogP) is 3.34. The van der Waals surface area contributed by atoms with Gasteiger partial charge in [0.2, 0.25) is 0 Å². The van der Waals surface area contributed by atoms with Crippen molar-refractivity contribution >= 4 is 17.6 Å². The second kappa shape index (κ2) is 11.5. The number of carbonyl (C=O) groups is 2. The van der Waals surface area contributed by atoms with Gasteiger partial charge in [-0.2, -0.15) is 0 Å². The van der Waals surface area contributed by atoms with Crippen molar-refractivity contribution in [3.8, 4) is 11.5 Å². The lowest BCUT2D eigenvalue weighted by Gasteiger charge is -2.33. The van der Waals surface area contributed by atoms with E-state index in [4.69, 9.17) is 9.84 Å². The van der Waals surface area contributed by atoms with Gasteiger partial charge < -0.3 is 25.2 Å². The number of piperidine rings is 1. The van der Waals surface area contributed by atoms with Crippen LogP contribution in [0.3, 0.4) is 0 Å². The molecular weight excluding hydrogens is 460 g/mol. The molecule has 1 aromatic heterocycles. The predicted molar refractivity (Wildman–Crippen MR) is 134 cm³/mol. The van der Waals surface area contributed by atoms with Crippen LogP contribution in [0.5, 0.6) is 11.5 Å². The lowest BCUT2D eigenvalue weighted by Crippen LogP contribution is -2.34. The van der Waals surface area contributed by atoms with Crippen LogP contribution in [-0.4, -0.2) is 51.7 Å². The van der Waals surface area contributed by atoms with Gasteiger partial charge >= 0.3 is 5.97 Å². The number of carbonyl (C=O) groups excluding carboxylic acids is 1. The molecule has 9 heteroatoms. The Morgan fingerprint density at radius 2 is 1.75 bits per heavy atom. The molecule has 0 saturated carbocycles. The Kier molecular flexibility index (Phi) is 7.99. The van der Waals surface area contributed by atoms with Crippen LogP contribution in [-0.2, 0) is 17.8 Å². The molecular formula is C27H30N4O5. The van der Waals surface area contributed by atoms with Crippen LogP contribution in [0, 0.1) is 12.8 Å². The first-order valence-electron chi connectivity index (χ1n) is 12.0. The highest BCUT2D eigenvalue weighted by Gasteiger charge is 2.23. The fourth-order valence-corrected chi connectivity index (χ4v) is 4.25. The summed E-state index contributed by atoms with van der Waals surface area (Å²) in [6, 6.07) is 18.2. The molecule has 0 spiro atoms. The Labute approximate surface area is 209 Å². The highest BCUT2D eigenvalue weighted by Crippen LogP contribution is 2.27. The maximum absolute atomic E-state index is 12.3. The minimum atomic E-state index is -1.17. The van der Waals surface area contributed by atoms with E-state index in [2.05, 4.69) is 44.5 Å². The van der Waals surface area contributed by atoms with Crippen molar-refractivity contribution in [2.45, 2.75) is 32.8 Å². The number of anilines is 1. The van der Waals surface area contributed by atoms with E-state index in [0.29, 0.717) is 30.5 Å². The number of benzene rings is 2. The molecule has 1 aliphatic heterocycles. The number of carboxylic acid groups (broad SMARTS) is 1. The Balaban J connectivity index is 1.30. The van der Waals surface area contributed by atoms with E-state index in [9.17, 15) is 14.7 Å². The molecule has 2 aromatic carbocycles. The zero-order valence-corrected chi connectivity index (χ0v) is 20.2. The van der Waals surface area contributed by atoms with E-state index in [1.165, 1.54) is 5.69 Å². The Morgan fingerprint density at radius 3 is 2.42 bits per heavy atom. The van der Waals surface area contributed by atoms with Crippen molar-refractivity contribution in [1.82, 2.24) is 15.3 Å². The number of ether oxygens (including phenoxy) is 1. The van der Waals surface area contributed by atoms with Gasteiger partial charge in [-0.3, -0.25) is 9.59 Å². The van der Waals surface area contributed by atoms with Crippen LogP contribution >= 0.6 is 0 Å². The number of aliphatic carboxylic acids is 1. The topological polar surface area (TPSA) is 125 Å². The summed E-state index contributed by atoms with van der Waals surface area (Å²) in [5.74, 6) is -0.547. The quantitative estimate of drug-likeness (QED) is 0.417. The van der Waals surface area contributed by atoms with Crippen molar-refractivity contribution in [2.24, 2.45) is 5.92 Å². The number of nitrogens with one attached hydrogen (secondary N) is 1. The van der Waals surface area contributed by atoms with E-state index in [1.54, 1.807) is 6.92 Å². The van der Waals surface area contributed by atoms with E-state index < -0.39 is 18.4 Å². The van der Waals surface area contributed by atoms with Crippen LogP contribution in [0.15, 0.2) is 54.6 Å². The molecule has 0 bridgehead atoms. The number of hydrogen-bond acceptors (Lipinski definition) is 7. The Morgan fingerprint density at radius 1 is 1.06 bits per heavy atom. The standard InChI is InChI=1S/C27H30N4O5/c1-18-26(34)25(27(35)28-16-24(32)33)30-23(29-18)15-19-11-13-31(14-12-19)21-9-7-20(8-10-21)17-36-22-5-3-2-4-6-22/h2-10,19,34H,11-17H2,1H3,(H,28,35)(H,32,33). The monoisotopic (exact) mass is 490 g/mol. The molecule has 1 amide bonds. The minimum absolute atomic E-state index is 0.187. The summed E-state index contributed by atoms with van der Waals surface area (Å²) in [6.45, 7) is 3.37. The van der Waals surface area contributed by atoms with Gasteiger partial charge in [0.15, 0.2) is 11.4 Å². The number of aryl methyl sites for hydroxylation is 1. The molecule has 36 heavy (non-hydrogen) atoms. The van der Waals surface area contributed by atoms with Crippen molar-refractivity contribution in [3.05, 3.63) is 77.4 Å². The van der Waals surface area contributed by atoms with Gasteiger partial charge in [0.05, 0.1) is 5.69 Å². The maximum Gasteiger partial charge on any atom is 0.322 e. The zero-order chi connectivity index (χ0) is 25.5. The summed E-state index contributed by atoms with van der Waals surface area (Å²) in [5, 5.41) is 21.2. The first-order valence-corrected chi connectivity index (χ1v) is 12.0. The van der Waals surface area contributed by atoms with Crippen molar-refractivity contribution in [1.29, 1.82) is 0 Å². The normalized spacial score (nSPS) is 13.9. The molecule has 1 saturated heterocycles. The zero-order valence-electron chi connectivity index (χ0n) is 20.2. The summed E-state index contributed by atoms with van der Waals surface area (Å²) in [4.78, 5) is 33.9. The number of para-hydroxylation sites is 1. The molecule has 2 heterocycles. The SMILES string of the molecule is Cc1nc(CC2CCN(c3ccc(COc4ccccc4)cc3)CC2)nc(C(=O)NCC(=O)O)c1O. The lowest BCUT2D eigenvalue weighted by molar-refractivity contribution is -0.135. The van der Waals surface area contributed by atoms with Crippen molar-refractivity contribution in [2.75, 3.05) is 24.5 Å². The van der Waals surface area contributed by atoms with Crippen molar-refractivity contribution < 1.29 is 24.5 Å². The number of nitrogens with zero attached hydrogens (tertiary/aromatic N) is 3. The molecule has 1 fully saturated rings. The molecule has 9 nitrogen and oxygen atoms in total. The first kappa shape index (κ1) is 25.0. The number of carboxylic acids is 1. The highest BCUT2D eigenvalue weighted by molar-refractivity contribution is 5.96. The lowest BCUT2D eigenvalue weighted by atomic mass is 9.92. The van der Waals surface area contributed by atoms with Crippen LogP contribution in [0.1, 0.15) is 40.4 Å². The number of rotatable bonds is 9. The third-order valence-electron chi connectivity index (χ3n) is 6.26. The second-order valence-electron chi connectivity index (χ2n) is 8.90. The van der Waals surface area contributed by atoms with Gasteiger partial charge in [0.25, 0.3) is 5.91 Å². The molecule has 3 N–H and O–H groups in total. The fraction of sp³-hybridized carbons (Fsp3) is 0.333. The van der Waals surface area contributed by atoms with Crippen LogP contribution in [0.4, 0.5) is 5.69 Å². The molecule has 1 aliphatic rings. The minimum Gasteiger partial charge on any atom is -0.504 e. The van der Waals surface area contributed by atoms with Gasteiger partial charge in [-0.1, -0.05) is 30.3 Å². The van der Waals surface area contributed by atoms with Gasteiger partial charge in [0, 0.05) is 25.2 Å². The molecule has 188 valence electrons. The molecule has 0 unspecified atom stereocenters. The molecule has 4 rings (SSSR count). The van der Waals surface area contributed by atoms with Gasteiger partial charge in [0.1, 0.15) is 24.7 Å². The number of aromatic hydroxyl groups is 1. The highest BCUT2D eigenvalue weighted by atomic mass is 16.5. The second-order valence-corrected chi connectivity index (χ2v) is 8.90. The fourth-order valence-electron chi connectivity index (χ4n) is 4.25. The Hall–Kier alpha value is -4.14. The largest absolute Gasteiger partial charge is 0.504 e. The summed E-state index contributed by atoms with van der Waals surface area (Å²) in [7, 11) is 0. The summed E-state index contributed by atoms with van der Waals surface area (Å²) >= 11 is 0. The van der Waals surface area contributed by atoms with Gasteiger partial charge in [-0.25, -0.2) is 9.97 Å².